The molecule has 0 unspecified atom stereocenters. The lowest BCUT2D eigenvalue weighted by molar-refractivity contribution is -0.130. The van der Waals surface area contributed by atoms with Crippen LogP contribution in [0.15, 0.2) is 60.1 Å². The Bertz CT molecular complexity index is 918. The van der Waals surface area contributed by atoms with Crippen molar-refractivity contribution in [3.8, 4) is 11.8 Å². The molecule has 0 saturated carbocycles. The van der Waals surface area contributed by atoms with Gasteiger partial charge in [-0.1, -0.05) is 29.5 Å². The Kier molecular flexibility index (Phi) is 4.66. The molecule has 0 bridgehead atoms. The fourth-order valence-corrected chi connectivity index (χ4v) is 3.30. The van der Waals surface area contributed by atoms with Gasteiger partial charge in [0.05, 0.1) is 11.9 Å². The first-order chi connectivity index (χ1) is 13.0. The molecule has 0 aliphatic carbocycles. The third kappa shape index (κ3) is 3.86. The van der Waals surface area contributed by atoms with E-state index in [-0.39, 0.29) is 5.91 Å². The van der Waals surface area contributed by atoms with Gasteiger partial charge in [0.15, 0.2) is 0 Å². The number of benzene rings is 1. The van der Waals surface area contributed by atoms with Gasteiger partial charge in [0.2, 0.25) is 0 Å². The number of fused-ring (bicyclic) bond motifs is 1. The molecule has 4 rings (SSSR count). The minimum Gasteiger partial charge on any atom is -0.377 e. The highest BCUT2D eigenvalue weighted by Crippen LogP contribution is 2.25. The second-order valence-electron chi connectivity index (χ2n) is 6.60. The zero-order valence-corrected chi connectivity index (χ0v) is 15.2. The molecule has 3 aliphatic heterocycles. The van der Waals surface area contributed by atoms with E-state index in [0.717, 1.165) is 11.3 Å². The smallest absolute Gasteiger partial charge is 0.253 e. The van der Waals surface area contributed by atoms with Crippen LogP contribution >= 0.6 is 11.6 Å². The van der Waals surface area contributed by atoms with Gasteiger partial charge >= 0.3 is 0 Å². The number of piperidine rings is 1. The molecule has 2 N–H and O–H groups in total. The highest BCUT2D eigenvalue weighted by Gasteiger charge is 2.33. The summed E-state index contributed by atoms with van der Waals surface area (Å²) in [6, 6.07) is 7.22. The Morgan fingerprint density at radius 3 is 2.93 bits per heavy atom. The summed E-state index contributed by atoms with van der Waals surface area (Å²) in [5.41, 5.74) is 3.64. The van der Waals surface area contributed by atoms with E-state index < -0.39 is 5.60 Å². The van der Waals surface area contributed by atoms with E-state index in [1.165, 1.54) is 5.06 Å². The first kappa shape index (κ1) is 17.7. The van der Waals surface area contributed by atoms with Crippen LogP contribution in [-0.4, -0.2) is 39.7 Å². The van der Waals surface area contributed by atoms with E-state index in [1.807, 2.05) is 12.1 Å². The third-order valence-electron chi connectivity index (χ3n) is 4.69. The second kappa shape index (κ2) is 7.12. The summed E-state index contributed by atoms with van der Waals surface area (Å²) in [6.45, 7) is 0.893. The lowest BCUT2D eigenvalue weighted by atomic mass is 9.91. The fraction of sp³-hybridized carbons (Fsp3) is 0.250. The summed E-state index contributed by atoms with van der Waals surface area (Å²) < 4.78 is 0. The number of likely N-dealkylation sites (tertiary alicyclic amines) is 1. The number of hydrogen-bond acceptors (Lipinski definition) is 5. The van der Waals surface area contributed by atoms with Crippen LogP contribution in [0.25, 0.3) is 0 Å². The maximum absolute atomic E-state index is 12.7. The topological polar surface area (TPSA) is 65.0 Å². The quantitative estimate of drug-likeness (QED) is 0.727. The maximum atomic E-state index is 12.7. The minimum absolute atomic E-state index is 0.0662. The number of nitrogens with zero attached hydrogens (tertiary/aromatic N) is 2. The molecule has 3 aliphatic rings. The number of rotatable bonds is 1. The highest BCUT2D eigenvalue weighted by atomic mass is 35.5. The first-order valence-electron chi connectivity index (χ1n) is 8.65. The lowest BCUT2D eigenvalue weighted by Gasteiger charge is -2.35. The van der Waals surface area contributed by atoms with Crippen LogP contribution in [0.4, 0.5) is 0 Å². The number of halogens is 1. The Labute approximate surface area is 162 Å². The molecule has 1 saturated heterocycles. The fourth-order valence-electron chi connectivity index (χ4n) is 3.11. The van der Waals surface area contributed by atoms with E-state index in [0.29, 0.717) is 36.5 Å². The predicted octanol–water partition coefficient (Wildman–Crippen LogP) is 2.09. The van der Waals surface area contributed by atoms with Crippen molar-refractivity contribution >= 4 is 17.5 Å². The molecule has 7 heteroatoms. The van der Waals surface area contributed by atoms with Gasteiger partial charge < -0.3 is 10.0 Å². The number of carbonyl (C=O) groups is 1. The Balaban J connectivity index is 1.40. The van der Waals surface area contributed by atoms with Crippen molar-refractivity contribution in [1.82, 2.24) is 15.4 Å². The second-order valence-corrected chi connectivity index (χ2v) is 7.04. The lowest BCUT2D eigenvalue weighted by Crippen LogP contribution is -2.46. The summed E-state index contributed by atoms with van der Waals surface area (Å²) in [6.07, 6.45) is 7.66. The molecule has 0 spiro atoms. The third-order valence-corrected chi connectivity index (χ3v) is 4.93. The number of amides is 1. The van der Waals surface area contributed by atoms with E-state index in [9.17, 15) is 9.90 Å². The Morgan fingerprint density at radius 1 is 1.33 bits per heavy atom. The van der Waals surface area contributed by atoms with Gasteiger partial charge in [0.1, 0.15) is 5.60 Å². The largest absolute Gasteiger partial charge is 0.377 e. The van der Waals surface area contributed by atoms with Crippen LogP contribution in [0.1, 0.15) is 18.4 Å². The van der Waals surface area contributed by atoms with Crippen LogP contribution in [0.5, 0.6) is 0 Å². The SMILES string of the molecule is O=C(C1=CC2=CNON2C=C1)N1CCC(O)(C#Cc2cccc(Cl)c2)CC1. The number of aliphatic hydroxyl groups is 1. The van der Waals surface area contributed by atoms with Gasteiger partial charge in [0, 0.05) is 48.3 Å². The molecular formula is C20H18ClN3O3. The minimum atomic E-state index is -1.10. The number of nitrogens with one attached hydrogen (secondary N) is 1. The average Bonchev–Trinajstić information content (AvgIpc) is 3.14. The highest BCUT2D eigenvalue weighted by molar-refractivity contribution is 6.30. The molecular weight excluding hydrogens is 366 g/mol. The summed E-state index contributed by atoms with van der Waals surface area (Å²) in [5.74, 6) is 5.87. The number of hydrogen-bond donors (Lipinski definition) is 2. The monoisotopic (exact) mass is 383 g/mol. The Hall–Kier alpha value is -2.72. The van der Waals surface area contributed by atoms with Crippen LogP contribution in [0.2, 0.25) is 5.02 Å². The molecule has 3 heterocycles. The summed E-state index contributed by atoms with van der Waals surface area (Å²) in [7, 11) is 0. The molecule has 1 aromatic carbocycles. The number of carbonyl (C=O) groups excluding carboxylic acids is 1. The van der Waals surface area contributed by atoms with Gasteiger partial charge in [0.25, 0.3) is 5.91 Å². The van der Waals surface area contributed by atoms with Crippen molar-refractivity contribution < 1.29 is 14.8 Å². The predicted molar refractivity (Wildman–Crippen MR) is 100 cm³/mol. The van der Waals surface area contributed by atoms with Crippen molar-refractivity contribution in [2.24, 2.45) is 0 Å². The molecule has 27 heavy (non-hydrogen) atoms. The van der Waals surface area contributed by atoms with Crippen molar-refractivity contribution in [1.29, 1.82) is 0 Å². The average molecular weight is 384 g/mol. The van der Waals surface area contributed by atoms with Gasteiger partial charge in [-0.3, -0.25) is 4.79 Å². The van der Waals surface area contributed by atoms with E-state index in [4.69, 9.17) is 16.5 Å². The molecule has 1 amide bonds. The van der Waals surface area contributed by atoms with Gasteiger partial charge in [-0.25, -0.2) is 10.5 Å². The number of hydroxylamine groups is 3. The van der Waals surface area contributed by atoms with Crippen LogP contribution in [0.3, 0.4) is 0 Å². The zero-order chi connectivity index (χ0) is 18.9. The van der Waals surface area contributed by atoms with E-state index in [2.05, 4.69) is 17.3 Å². The van der Waals surface area contributed by atoms with E-state index >= 15 is 0 Å². The van der Waals surface area contributed by atoms with Gasteiger partial charge in [-0.05, 0) is 30.4 Å². The van der Waals surface area contributed by atoms with Crippen LogP contribution < -0.4 is 5.48 Å². The summed E-state index contributed by atoms with van der Waals surface area (Å²) in [4.78, 5) is 19.6. The van der Waals surface area contributed by atoms with Crippen molar-refractivity contribution in [2.75, 3.05) is 13.1 Å². The molecule has 1 fully saturated rings. The number of allylic oxidation sites excluding steroid dienone is 1. The van der Waals surface area contributed by atoms with Crippen molar-refractivity contribution in [3.63, 3.8) is 0 Å². The zero-order valence-electron chi connectivity index (χ0n) is 14.5. The standard InChI is InChI=1S/C20H18ClN3O3/c21-17-3-1-2-15(12-17)4-6-20(26)7-10-23(11-8-20)19(25)16-5-9-24-18(13-16)14-22-27-24/h1-3,5,9,12-14,22,26H,7-8,10-11H2. The Morgan fingerprint density at radius 2 is 2.15 bits per heavy atom. The molecule has 0 radical (unpaired) electrons. The molecule has 1 aromatic rings. The van der Waals surface area contributed by atoms with Crippen LogP contribution in [-0.2, 0) is 9.73 Å². The normalized spacial score (nSPS) is 20.1. The summed E-state index contributed by atoms with van der Waals surface area (Å²) >= 11 is 5.96. The molecule has 6 nitrogen and oxygen atoms in total. The molecule has 0 atom stereocenters. The van der Waals surface area contributed by atoms with Gasteiger partial charge in [-0.2, -0.15) is 4.94 Å². The first-order valence-corrected chi connectivity index (χ1v) is 9.02. The van der Waals surface area contributed by atoms with Crippen LogP contribution in [0, 0.1) is 11.8 Å². The van der Waals surface area contributed by atoms with E-state index in [1.54, 1.807) is 41.6 Å². The van der Waals surface area contributed by atoms with Gasteiger partial charge in [-0.15, -0.1) is 0 Å². The van der Waals surface area contributed by atoms with Crippen molar-refractivity contribution in [3.05, 3.63) is 70.7 Å². The van der Waals surface area contributed by atoms with Crippen molar-refractivity contribution in [2.45, 2.75) is 18.4 Å². The molecule has 138 valence electrons. The maximum Gasteiger partial charge on any atom is 0.253 e. The summed E-state index contributed by atoms with van der Waals surface area (Å²) in [5, 5.41) is 12.9. The molecule has 0 aromatic heterocycles.